The molecule has 0 aliphatic heterocycles. The van der Waals surface area contributed by atoms with E-state index in [-0.39, 0.29) is 0 Å². The number of hydrogen-bond acceptors (Lipinski definition) is 1. The molecule has 2 aliphatic rings. The highest BCUT2D eigenvalue weighted by atomic mass is 14.7. The molecule has 0 saturated heterocycles. The Bertz CT molecular complexity index is 160. The first-order chi connectivity index (χ1) is 5.74. The van der Waals surface area contributed by atoms with Gasteiger partial charge in [0.2, 0.25) is 0 Å². The molecule has 2 aliphatic carbocycles. The number of nitrogens with two attached hydrogens (primary N) is 1. The van der Waals surface area contributed by atoms with E-state index in [2.05, 4.69) is 6.92 Å². The Morgan fingerprint density at radius 3 is 2.00 bits per heavy atom. The summed E-state index contributed by atoms with van der Waals surface area (Å²) in [6.07, 6.45) is 10.1. The Balaban J connectivity index is 1.92. The van der Waals surface area contributed by atoms with Crippen LogP contribution in [0.1, 0.15) is 51.9 Å². The number of rotatable bonds is 4. The maximum absolute atomic E-state index is 5.81. The summed E-state index contributed by atoms with van der Waals surface area (Å²) in [7, 11) is 0. The van der Waals surface area contributed by atoms with E-state index in [9.17, 15) is 0 Å². The van der Waals surface area contributed by atoms with Crippen LogP contribution in [-0.4, -0.2) is 6.54 Å². The normalized spacial score (nSPS) is 29.5. The van der Waals surface area contributed by atoms with Crippen molar-refractivity contribution in [2.24, 2.45) is 16.6 Å². The molecule has 0 atom stereocenters. The minimum absolute atomic E-state index is 0.608. The molecule has 0 amide bonds. The zero-order valence-corrected chi connectivity index (χ0v) is 8.23. The first kappa shape index (κ1) is 8.55. The molecule has 0 radical (unpaired) electrons. The summed E-state index contributed by atoms with van der Waals surface area (Å²) in [5.74, 6) is 0. The van der Waals surface area contributed by atoms with Crippen molar-refractivity contribution in [1.82, 2.24) is 0 Å². The molecule has 2 rings (SSSR count). The van der Waals surface area contributed by atoms with Gasteiger partial charge in [0.1, 0.15) is 0 Å². The molecule has 1 heteroatoms. The van der Waals surface area contributed by atoms with Crippen molar-refractivity contribution in [3.05, 3.63) is 0 Å². The van der Waals surface area contributed by atoms with E-state index in [1.165, 1.54) is 44.9 Å². The molecule has 0 aromatic rings. The second-order valence-electron chi connectivity index (χ2n) is 5.09. The predicted molar refractivity (Wildman–Crippen MR) is 51.9 cm³/mol. The van der Waals surface area contributed by atoms with Crippen molar-refractivity contribution in [2.45, 2.75) is 51.9 Å². The van der Waals surface area contributed by atoms with Gasteiger partial charge in [-0.2, -0.15) is 0 Å². The van der Waals surface area contributed by atoms with Gasteiger partial charge in [-0.3, -0.25) is 0 Å². The lowest BCUT2D eigenvalue weighted by molar-refractivity contribution is 0.0824. The SMILES string of the molecule is CCC1(CC2(CN)CC2)CCC1. The lowest BCUT2D eigenvalue weighted by Gasteiger charge is -2.44. The summed E-state index contributed by atoms with van der Waals surface area (Å²) in [5, 5.41) is 0. The first-order valence-electron chi connectivity index (χ1n) is 5.44. The Kier molecular flexibility index (Phi) is 1.95. The van der Waals surface area contributed by atoms with Crippen LogP contribution in [0.3, 0.4) is 0 Å². The predicted octanol–water partition coefficient (Wildman–Crippen LogP) is 2.70. The largest absolute Gasteiger partial charge is 0.330 e. The van der Waals surface area contributed by atoms with Crippen LogP contribution < -0.4 is 5.73 Å². The van der Waals surface area contributed by atoms with E-state index in [1.807, 2.05) is 0 Å². The Morgan fingerprint density at radius 2 is 1.75 bits per heavy atom. The maximum atomic E-state index is 5.81. The fraction of sp³-hybridized carbons (Fsp3) is 1.00. The van der Waals surface area contributed by atoms with Gasteiger partial charge in [-0.15, -0.1) is 0 Å². The molecule has 0 spiro atoms. The van der Waals surface area contributed by atoms with Crippen LogP contribution in [0.5, 0.6) is 0 Å². The summed E-state index contributed by atoms with van der Waals surface area (Å²) in [4.78, 5) is 0. The van der Waals surface area contributed by atoms with Gasteiger partial charge in [0.05, 0.1) is 0 Å². The summed E-state index contributed by atoms with van der Waals surface area (Å²) in [6.45, 7) is 3.29. The second-order valence-corrected chi connectivity index (χ2v) is 5.09. The Hall–Kier alpha value is -0.0400. The second kappa shape index (κ2) is 2.73. The van der Waals surface area contributed by atoms with Crippen molar-refractivity contribution in [1.29, 1.82) is 0 Å². The van der Waals surface area contributed by atoms with Gasteiger partial charge in [0.25, 0.3) is 0 Å². The smallest absolute Gasteiger partial charge is 0.00203 e. The Morgan fingerprint density at radius 1 is 1.08 bits per heavy atom. The lowest BCUT2D eigenvalue weighted by atomic mass is 9.62. The highest BCUT2D eigenvalue weighted by molar-refractivity contribution is 5.01. The van der Waals surface area contributed by atoms with E-state index in [0.717, 1.165) is 12.0 Å². The van der Waals surface area contributed by atoms with Gasteiger partial charge in [-0.1, -0.05) is 19.8 Å². The highest BCUT2D eigenvalue weighted by Gasteiger charge is 2.49. The Labute approximate surface area is 75.7 Å². The van der Waals surface area contributed by atoms with Gasteiger partial charge in [0, 0.05) is 0 Å². The van der Waals surface area contributed by atoms with E-state index >= 15 is 0 Å². The van der Waals surface area contributed by atoms with Gasteiger partial charge < -0.3 is 5.73 Å². The molecule has 1 nitrogen and oxygen atoms in total. The van der Waals surface area contributed by atoms with Gasteiger partial charge in [0.15, 0.2) is 0 Å². The van der Waals surface area contributed by atoms with Crippen molar-refractivity contribution in [3.63, 3.8) is 0 Å². The monoisotopic (exact) mass is 167 g/mol. The first-order valence-corrected chi connectivity index (χ1v) is 5.44. The molecule has 0 aromatic heterocycles. The van der Waals surface area contributed by atoms with Crippen molar-refractivity contribution in [3.8, 4) is 0 Å². The van der Waals surface area contributed by atoms with Crippen LogP contribution >= 0.6 is 0 Å². The minimum Gasteiger partial charge on any atom is -0.330 e. The van der Waals surface area contributed by atoms with Crippen molar-refractivity contribution in [2.75, 3.05) is 6.54 Å². The molecular formula is C11H21N. The number of hydrogen-bond donors (Lipinski definition) is 1. The van der Waals surface area contributed by atoms with E-state index in [4.69, 9.17) is 5.73 Å². The van der Waals surface area contributed by atoms with Crippen LogP contribution in [-0.2, 0) is 0 Å². The third-order valence-electron chi connectivity index (χ3n) is 4.30. The minimum atomic E-state index is 0.608. The molecule has 0 unspecified atom stereocenters. The molecule has 0 heterocycles. The lowest BCUT2D eigenvalue weighted by Crippen LogP contribution is -2.34. The summed E-state index contributed by atoms with van der Waals surface area (Å²) in [6, 6.07) is 0. The maximum Gasteiger partial charge on any atom is -0.00203 e. The van der Waals surface area contributed by atoms with Gasteiger partial charge in [-0.05, 0) is 49.5 Å². The van der Waals surface area contributed by atoms with E-state index in [1.54, 1.807) is 0 Å². The van der Waals surface area contributed by atoms with Crippen LogP contribution in [0.15, 0.2) is 0 Å². The third kappa shape index (κ3) is 1.28. The average Bonchev–Trinajstić information content (AvgIpc) is 2.78. The van der Waals surface area contributed by atoms with Crippen molar-refractivity contribution >= 4 is 0 Å². The molecule has 2 N–H and O–H groups in total. The van der Waals surface area contributed by atoms with Gasteiger partial charge in [-0.25, -0.2) is 0 Å². The van der Waals surface area contributed by atoms with Crippen LogP contribution in [0.4, 0.5) is 0 Å². The van der Waals surface area contributed by atoms with E-state index < -0.39 is 0 Å². The summed E-state index contributed by atoms with van der Waals surface area (Å²) >= 11 is 0. The molecule has 70 valence electrons. The van der Waals surface area contributed by atoms with Crippen LogP contribution in [0, 0.1) is 10.8 Å². The van der Waals surface area contributed by atoms with E-state index in [0.29, 0.717) is 5.41 Å². The molecule has 2 fully saturated rings. The zero-order valence-electron chi connectivity index (χ0n) is 8.23. The van der Waals surface area contributed by atoms with Gasteiger partial charge >= 0.3 is 0 Å². The fourth-order valence-electron chi connectivity index (χ4n) is 2.76. The van der Waals surface area contributed by atoms with Crippen molar-refractivity contribution < 1.29 is 0 Å². The zero-order chi connectivity index (χ0) is 8.66. The molecule has 0 aromatic carbocycles. The highest BCUT2D eigenvalue weighted by Crippen LogP contribution is 2.59. The summed E-state index contributed by atoms with van der Waals surface area (Å²) < 4.78 is 0. The molecular weight excluding hydrogens is 146 g/mol. The fourth-order valence-corrected chi connectivity index (χ4v) is 2.76. The molecule has 0 bridgehead atoms. The molecule has 2 saturated carbocycles. The van der Waals surface area contributed by atoms with Crippen LogP contribution in [0.2, 0.25) is 0 Å². The standard InChI is InChI=1S/C11H21N/c1-2-10(4-3-5-10)8-11(9-12)6-7-11/h2-9,12H2,1H3. The quantitative estimate of drug-likeness (QED) is 0.684. The summed E-state index contributed by atoms with van der Waals surface area (Å²) in [5.41, 5.74) is 7.15. The molecule has 12 heavy (non-hydrogen) atoms. The third-order valence-corrected chi connectivity index (χ3v) is 4.30. The topological polar surface area (TPSA) is 26.0 Å². The average molecular weight is 167 g/mol. The van der Waals surface area contributed by atoms with Crippen LogP contribution in [0.25, 0.3) is 0 Å².